The van der Waals surface area contributed by atoms with E-state index in [0.717, 1.165) is 11.3 Å². The van der Waals surface area contributed by atoms with Crippen LogP contribution in [0.1, 0.15) is 27.2 Å². The molecule has 1 N–H and O–H groups in total. The molecule has 4 aromatic rings. The van der Waals surface area contributed by atoms with Crippen LogP contribution in [0.4, 0.5) is 5.69 Å². The monoisotopic (exact) mass is 605 g/mol. The van der Waals surface area contributed by atoms with Crippen LogP contribution in [0.3, 0.4) is 0 Å². The molecule has 1 heterocycles. The molecule has 0 unspecified atom stereocenters. The van der Waals surface area contributed by atoms with E-state index in [1.54, 1.807) is 75.9 Å². The van der Waals surface area contributed by atoms with E-state index in [-0.39, 0.29) is 30.0 Å². The average Bonchev–Trinajstić information content (AvgIpc) is 2.98. The zero-order valence-corrected chi connectivity index (χ0v) is 25.0. The van der Waals surface area contributed by atoms with Gasteiger partial charge in [0.05, 0.1) is 28.5 Å². The van der Waals surface area contributed by atoms with Gasteiger partial charge < -0.3 is 19.9 Å². The van der Waals surface area contributed by atoms with Gasteiger partial charge in [0.2, 0.25) is 11.8 Å². The van der Waals surface area contributed by atoms with Crippen LogP contribution in [0.25, 0.3) is 17.1 Å². The quantitative estimate of drug-likeness (QED) is 0.259. The van der Waals surface area contributed by atoms with Gasteiger partial charge in [-0.3, -0.25) is 19.4 Å². The smallest absolute Gasteiger partial charge is 0.253 e. The lowest BCUT2D eigenvalue weighted by Gasteiger charge is -2.21. The van der Waals surface area contributed by atoms with Crippen LogP contribution in [-0.4, -0.2) is 60.3 Å². The second kappa shape index (κ2) is 13.5. The molecule has 0 aliphatic rings. The highest BCUT2D eigenvalue weighted by molar-refractivity contribution is 6.38. The number of hydrogen-bond acceptors (Lipinski definition) is 6. The van der Waals surface area contributed by atoms with E-state index in [1.165, 1.54) is 15.9 Å². The van der Waals surface area contributed by atoms with Crippen LogP contribution in [0.2, 0.25) is 10.0 Å². The maximum atomic E-state index is 12.9. The zero-order valence-electron chi connectivity index (χ0n) is 23.5. The number of aromatic nitrogens is 2. The van der Waals surface area contributed by atoms with Crippen molar-refractivity contribution in [2.24, 2.45) is 0 Å². The van der Waals surface area contributed by atoms with Crippen molar-refractivity contribution in [3.05, 3.63) is 99.3 Å². The molecule has 4 rings (SSSR count). The number of fused-ring (bicyclic) bond motifs is 1. The van der Waals surface area contributed by atoms with E-state index < -0.39 is 5.91 Å². The molecule has 1 aromatic heterocycles. The molecule has 0 spiro atoms. The third-order valence-electron chi connectivity index (χ3n) is 6.33. The second-order valence-electron chi connectivity index (χ2n) is 9.61. The number of nitrogens with zero attached hydrogens (tertiary/aromatic N) is 4. The predicted octanol–water partition coefficient (Wildman–Crippen LogP) is 5.32. The molecule has 0 aliphatic heterocycles. The molecule has 42 heavy (non-hydrogen) atoms. The lowest BCUT2D eigenvalue weighted by Crippen LogP contribution is -2.37. The Hall–Kier alpha value is -4.47. The summed E-state index contributed by atoms with van der Waals surface area (Å²) in [5.41, 5.74) is 4.26. The molecule has 0 fully saturated rings. The normalized spacial score (nSPS) is 11.0. The van der Waals surface area contributed by atoms with Gasteiger partial charge in [0, 0.05) is 49.6 Å². The number of ether oxygens (including phenoxy) is 1. The van der Waals surface area contributed by atoms with Gasteiger partial charge in [-0.15, -0.1) is 0 Å². The third-order valence-corrected chi connectivity index (χ3v) is 7.11. The van der Waals surface area contributed by atoms with Crippen molar-refractivity contribution in [3.63, 3.8) is 0 Å². The molecular formula is C31H29Cl2N5O4. The number of carbonyl (C=O) groups is 3. The Morgan fingerprint density at radius 2 is 1.74 bits per heavy atom. The first-order valence-electron chi connectivity index (χ1n) is 12.9. The van der Waals surface area contributed by atoms with E-state index in [0.29, 0.717) is 38.6 Å². The maximum Gasteiger partial charge on any atom is 0.253 e. The molecule has 3 amide bonds. The highest BCUT2D eigenvalue weighted by Gasteiger charge is 2.19. The van der Waals surface area contributed by atoms with Crippen molar-refractivity contribution in [3.8, 4) is 5.75 Å². The summed E-state index contributed by atoms with van der Waals surface area (Å²) >= 11 is 13.1. The standard InChI is InChI=1S/C31H29Cl2N5O4/c1-19-16-34-24-6-5-7-26(30(24)36-19)42-18-22-23(32)13-14-25(29(22)33)38(4)28(40)17-35-27(39)15-10-20-8-11-21(12-9-20)31(41)37(2)3/h5-16H,17-18H2,1-4H3,(H,35,39)/b15-10+. The number of carbonyl (C=O) groups excluding carboxylic acids is 3. The Kier molecular flexibility index (Phi) is 9.77. The van der Waals surface area contributed by atoms with E-state index in [2.05, 4.69) is 15.3 Å². The van der Waals surface area contributed by atoms with Crippen molar-refractivity contribution in [1.29, 1.82) is 0 Å². The van der Waals surface area contributed by atoms with Crippen molar-refractivity contribution < 1.29 is 19.1 Å². The van der Waals surface area contributed by atoms with Crippen LogP contribution >= 0.6 is 23.2 Å². The van der Waals surface area contributed by atoms with Crippen molar-refractivity contribution >= 4 is 63.7 Å². The molecule has 0 bridgehead atoms. The number of nitrogens with one attached hydrogen (secondary N) is 1. The highest BCUT2D eigenvalue weighted by atomic mass is 35.5. The lowest BCUT2D eigenvalue weighted by atomic mass is 10.1. The van der Waals surface area contributed by atoms with E-state index in [4.69, 9.17) is 27.9 Å². The van der Waals surface area contributed by atoms with Gasteiger partial charge in [0.15, 0.2) is 0 Å². The van der Waals surface area contributed by atoms with Crippen LogP contribution in [0, 0.1) is 6.92 Å². The van der Waals surface area contributed by atoms with Gasteiger partial charge in [-0.2, -0.15) is 0 Å². The molecule has 0 saturated carbocycles. The number of benzene rings is 3. The van der Waals surface area contributed by atoms with E-state index >= 15 is 0 Å². The van der Waals surface area contributed by atoms with Crippen LogP contribution < -0.4 is 15.0 Å². The first-order chi connectivity index (χ1) is 20.0. The van der Waals surface area contributed by atoms with Gasteiger partial charge >= 0.3 is 0 Å². The minimum Gasteiger partial charge on any atom is -0.486 e. The summed E-state index contributed by atoms with van der Waals surface area (Å²) in [6.07, 6.45) is 4.60. The lowest BCUT2D eigenvalue weighted by molar-refractivity contribution is -0.122. The first-order valence-corrected chi connectivity index (χ1v) is 13.7. The van der Waals surface area contributed by atoms with Crippen molar-refractivity contribution in [1.82, 2.24) is 20.2 Å². The summed E-state index contributed by atoms with van der Waals surface area (Å²) in [6, 6.07) is 15.6. The molecule has 216 valence electrons. The summed E-state index contributed by atoms with van der Waals surface area (Å²) in [4.78, 5) is 49.0. The average molecular weight is 607 g/mol. The number of para-hydroxylation sites is 1. The molecule has 3 aromatic carbocycles. The Morgan fingerprint density at radius 1 is 1.00 bits per heavy atom. The number of halogens is 2. The summed E-state index contributed by atoms with van der Waals surface area (Å²) in [7, 11) is 4.92. The minimum atomic E-state index is -0.449. The number of likely N-dealkylation sites (N-methyl/N-ethyl adjacent to an activating group) is 1. The fourth-order valence-corrected chi connectivity index (χ4v) is 4.59. The summed E-state index contributed by atoms with van der Waals surface area (Å²) in [5.74, 6) is -0.422. The summed E-state index contributed by atoms with van der Waals surface area (Å²) < 4.78 is 6.03. The zero-order chi connectivity index (χ0) is 30.4. The maximum absolute atomic E-state index is 12.9. The van der Waals surface area contributed by atoms with Gasteiger partial charge in [0.25, 0.3) is 5.91 Å². The number of amides is 3. The van der Waals surface area contributed by atoms with Crippen LogP contribution in [0.5, 0.6) is 5.75 Å². The molecule has 9 nitrogen and oxygen atoms in total. The van der Waals surface area contributed by atoms with Gasteiger partial charge in [-0.05, 0) is 55.0 Å². The number of anilines is 1. The fourth-order valence-electron chi connectivity index (χ4n) is 3.98. The van der Waals surface area contributed by atoms with E-state index in [1.807, 2.05) is 19.1 Å². The highest BCUT2D eigenvalue weighted by Crippen LogP contribution is 2.35. The Labute approximate surface area is 253 Å². The number of hydrogen-bond donors (Lipinski definition) is 1. The van der Waals surface area contributed by atoms with Crippen molar-refractivity contribution in [2.75, 3.05) is 32.6 Å². The molecule has 11 heteroatoms. The number of aryl methyl sites for hydroxylation is 1. The molecule has 0 saturated heterocycles. The molecule has 0 atom stereocenters. The van der Waals surface area contributed by atoms with Crippen LogP contribution in [-0.2, 0) is 16.2 Å². The fraction of sp³-hybridized carbons (Fsp3) is 0.194. The Bertz CT molecular complexity index is 1670. The first kappa shape index (κ1) is 30.5. The summed E-state index contributed by atoms with van der Waals surface area (Å²) in [5, 5.41) is 3.21. The summed E-state index contributed by atoms with van der Waals surface area (Å²) in [6.45, 7) is 1.63. The van der Waals surface area contributed by atoms with E-state index in [9.17, 15) is 14.4 Å². The largest absolute Gasteiger partial charge is 0.486 e. The third kappa shape index (κ3) is 7.23. The van der Waals surface area contributed by atoms with Gasteiger partial charge in [-0.1, -0.05) is 41.4 Å². The predicted molar refractivity (Wildman–Crippen MR) is 165 cm³/mol. The minimum absolute atomic E-state index is 0.0358. The van der Waals surface area contributed by atoms with Gasteiger partial charge in [-0.25, -0.2) is 4.98 Å². The Balaban J connectivity index is 1.38. The number of rotatable bonds is 9. The van der Waals surface area contributed by atoms with Crippen LogP contribution in [0.15, 0.2) is 66.9 Å². The molecule has 0 radical (unpaired) electrons. The second-order valence-corrected chi connectivity index (χ2v) is 10.4. The Morgan fingerprint density at radius 3 is 2.45 bits per heavy atom. The molecular weight excluding hydrogens is 577 g/mol. The van der Waals surface area contributed by atoms with Gasteiger partial charge in [0.1, 0.15) is 17.9 Å². The SMILES string of the molecule is Cc1cnc2cccc(OCc3c(Cl)ccc(N(C)C(=O)CNC(=O)/C=C/c4ccc(C(=O)N(C)C)cc4)c3Cl)c2n1. The molecule has 0 aliphatic carbocycles. The van der Waals surface area contributed by atoms with Crippen molar-refractivity contribution in [2.45, 2.75) is 13.5 Å². The topological polar surface area (TPSA) is 105 Å².